The lowest BCUT2D eigenvalue weighted by Crippen LogP contribution is -2.41. The Hall–Kier alpha value is -2.93. The smallest absolute Gasteiger partial charge is 0.225 e. The molecule has 1 amide bonds. The molecule has 5 nitrogen and oxygen atoms in total. The highest BCUT2D eigenvalue weighted by molar-refractivity contribution is 7.09. The van der Waals surface area contributed by atoms with Gasteiger partial charge in [0.05, 0.1) is 18.2 Å². The Morgan fingerprint density at radius 3 is 2.79 bits per heavy atom. The summed E-state index contributed by atoms with van der Waals surface area (Å²) < 4.78 is 18.7. The van der Waals surface area contributed by atoms with E-state index in [1.807, 2.05) is 29.6 Å². The lowest BCUT2D eigenvalue weighted by Gasteiger charge is -2.39. The molecule has 150 valence electrons. The third-order valence-electron chi connectivity index (χ3n) is 5.18. The predicted octanol–water partition coefficient (Wildman–Crippen LogP) is 4.23. The average Bonchev–Trinajstić information content (AvgIpc) is 3.17. The van der Waals surface area contributed by atoms with E-state index in [1.165, 1.54) is 23.5 Å². The van der Waals surface area contributed by atoms with E-state index in [0.717, 1.165) is 22.0 Å². The highest BCUT2D eigenvalue weighted by atomic mass is 32.1. The molecule has 2 heterocycles. The van der Waals surface area contributed by atoms with Gasteiger partial charge in [0, 0.05) is 17.1 Å². The van der Waals surface area contributed by atoms with Crippen molar-refractivity contribution in [2.24, 2.45) is 5.73 Å². The Labute approximate surface area is 172 Å². The van der Waals surface area contributed by atoms with Gasteiger partial charge in [0.2, 0.25) is 5.91 Å². The van der Waals surface area contributed by atoms with Gasteiger partial charge in [-0.15, -0.1) is 11.3 Å². The van der Waals surface area contributed by atoms with Gasteiger partial charge in [0.15, 0.2) is 0 Å². The van der Waals surface area contributed by atoms with Crippen LogP contribution in [-0.4, -0.2) is 16.9 Å². The van der Waals surface area contributed by atoms with Crippen LogP contribution in [0.25, 0.3) is 0 Å². The maximum Gasteiger partial charge on any atom is 0.225 e. The number of anilines is 1. The zero-order chi connectivity index (χ0) is 20.4. The molecule has 2 N–H and O–H groups in total. The number of aromatic nitrogens is 1. The highest BCUT2D eigenvalue weighted by Gasteiger charge is 2.33. The summed E-state index contributed by atoms with van der Waals surface area (Å²) in [7, 11) is 0. The van der Waals surface area contributed by atoms with Gasteiger partial charge in [0.25, 0.3) is 0 Å². The minimum Gasteiger partial charge on any atom is -0.486 e. The zero-order valence-corrected chi connectivity index (χ0v) is 16.9. The number of carbonyl (C=O) groups is 1. The lowest BCUT2D eigenvalue weighted by atomic mass is 9.85. The Morgan fingerprint density at radius 2 is 2.03 bits per heavy atom. The number of ether oxygens (including phenoxy) is 1. The molecular weight excluding hydrogens is 389 g/mol. The summed E-state index contributed by atoms with van der Waals surface area (Å²) >= 11 is 1.54. The van der Waals surface area contributed by atoms with Gasteiger partial charge in [-0.3, -0.25) is 4.79 Å². The van der Waals surface area contributed by atoms with Gasteiger partial charge in [0.1, 0.15) is 23.2 Å². The van der Waals surface area contributed by atoms with E-state index >= 15 is 0 Å². The normalized spacial score (nSPS) is 18.3. The quantitative estimate of drug-likeness (QED) is 0.659. The first kappa shape index (κ1) is 19.4. The maximum absolute atomic E-state index is 13.0. The number of nitrogens with two attached hydrogens (primary N) is 1. The van der Waals surface area contributed by atoms with Crippen LogP contribution in [0, 0.1) is 5.82 Å². The summed E-state index contributed by atoms with van der Waals surface area (Å²) in [6.07, 6.45) is 0.691. The summed E-state index contributed by atoms with van der Waals surface area (Å²) in [6, 6.07) is 14.0. The molecule has 1 aliphatic rings. The van der Waals surface area contributed by atoms with Crippen LogP contribution in [0.5, 0.6) is 5.75 Å². The van der Waals surface area contributed by atoms with Gasteiger partial charge in [-0.2, -0.15) is 0 Å². The molecule has 4 rings (SSSR count). The van der Waals surface area contributed by atoms with Crippen molar-refractivity contribution in [1.82, 2.24) is 4.98 Å². The molecule has 0 unspecified atom stereocenters. The van der Waals surface area contributed by atoms with E-state index in [9.17, 15) is 9.18 Å². The SMILES string of the molecule is C[C@H]1C[C@H](C(N)=O)c2ccccc2N1Cc1csc(COc2ccc(F)cc2)n1. The first-order chi connectivity index (χ1) is 14.0. The largest absolute Gasteiger partial charge is 0.486 e. The first-order valence-corrected chi connectivity index (χ1v) is 10.4. The van der Waals surface area contributed by atoms with Crippen molar-refractivity contribution in [2.75, 3.05) is 4.90 Å². The standard InChI is InChI=1S/C22H22FN3O2S/c1-14-10-19(22(24)27)18-4-2-3-5-20(18)26(14)11-16-13-29-21(25-16)12-28-17-8-6-15(23)7-9-17/h2-9,13-14,19H,10-12H2,1H3,(H2,24,27)/t14-,19-/m0/s1. The molecule has 0 saturated heterocycles. The van der Waals surface area contributed by atoms with E-state index in [0.29, 0.717) is 25.3 Å². The average molecular weight is 412 g/mol. The van der Waals surface area contributed by atoms with Crippen molar-refractivity contribution >= 4 is 22.9 Å². The summed E-state index contributed by atoms with van der Waals surface area (Å²) in [5.74, 6) is -0.215. The fourth-order valence-corrected chi connectivity index (χ4v) is 4.42. The molecule has 0 spiro atoms. The van der Waals surface area contributed by atoms with E-state index in [-0.39, 0.29) is 23.7 Å². The minimum absolute atomic E-state index is 0.169. The summed E-state index contributed by atoms with van der Waals surface area (Å²) in [5, 5.41) is 2.89. The number of nitrogens with zero attached hydrogens (tertiary/aromatic N) is 2. The number of fused-ring (bicyclic) bond motifs is 1. The number of carbonyl (C=O) groups excluding carboxylic acids is 1. The number of rotatable bonds is 6. The van der Waals surface area contributed by atoms with E-state index in [4.69, 9.17) is 10.5 Å². The molecule has 29 heavy (non-hydrogen) atoms. The predicted molar refractivity (Wildman–Crippen MR) is 111 cm³/mol. The maximum atomic E-state index is 13.0. The van der Waals surface area contributed by atoms with Crippen LogP contribution >= 0.6 is 11.3 Å². The topological polar surface area (TPSA) is 68.5 Å². The number of hydrogen-bond acceptors (Lipinski definition) is 5. The molecule has 0 radical (unpaired) electrons. The van der Waals surface area contributed by atoms with Crippen LogP contribution in [0.2, 0.25) is 0 Å². The molecule has 0 fully saturated rings. The first-order valence-electron chi connectivity index (χ1n) is 9.48. The molecule has 0 aliphatic carbocycles. The minimum atomic E-state index is -0.289. The van der Waals surface area contributed by atoms with Gasteiger partial charge in [-0.25, -0.2) is 9.37 Å². The van der Waals surface area contributed by atoms with Gasteiger partial charge < -0.3 is 15.4 Å². The Balaban J connectivity index is 1.47. The van der Waals surface area contributed by atoms with E-state index < -0.39 is 0 Å². The van der Waals surface area contributed by atoms with Crippen molar-refractivity contribution in [3.8, 4) is 5.75 Å². The molecule has 1 aliphatic heterocycles. The second-order valence-electron chi connectivity index (χ2n) is 7.20. The van der Waals surface area contributed by atoms with Gasteiger partial charge in [-0.05, 0) is 49.2 Å². The Bertz CT molecular complexity index is 1010. The van der Waals surface area contributed by atoms with Crippen molar-refractivity contribution in [3.63, 3.8) is 0 Å². The van der Waals surface area contributed by atoms with Crippen LogP contribution in [0.1, 0.15) is 35.5 Å². The monoisotopic (exact) mass is 411 g/mol. The summed E-state index contributed by atoms with van der Waals surface area (Å²) in [4.78, 5) is 18.9. The summed E-state index contributed by atoms with van der Waals surface area (Å²) in [5.41, 5.74) is 8.60. The molecular formula is C22H22FN3O2S. The molecule has 2 atom stereocenters. The second-order valence-corrected chi connectivity index (χ2v) is 8.14. The van der Waals surface area contributed by atoms with Crippen LogP contribution < -0.4 is 15.4 Å². The zero-order valence-electron chi connectivity index (χ0n) is 16.0. The summed E-state index contributed by atoms with van der Waals surface area (Å²) in [6.45, 7) is 3.10. The number of benzene rings is 2. The van der Waals surface area contributed by atoms with E-state index in [2.05, 4.69) is 16.8 Å². The van der Waals surface area contributed by atoms with Gasteiger partial charge in [-0.1, -0.05) is 18.2 Å². The molecule has 0 saturated carbocycles. The number of amides is 1. The molecule has 1 aromatic heterocycles. The van der Waals surface area contributed by atoms with Crippen LogP contribution in [-0.2, 0) is 17.9 Å². The van der Waals surface area contributed by atoms with Crippen LogP contribution in [0.4, 0.5) is 10.1 Å². The van der Waals surface area contributed by atoms with Crippen molar-refractivity contribution < 1.29 is 13.9 Å². The molecule has 2 aromatic carbocycles. The molecule has 3 aromatic rings. The molecule has 0 bridgehead atoms. The van der Waals surface area contributed by atoms with Gasteiger partial charge >= 0.3 is 0 Å². The van der Waals surface area contributed by atoms with Crippen molar-refractivity contribution in [2.45, 2.75) is 38.5 Å². The third kappa shape index (κ3) is 4.24. The molecule has 7 heteroatoms. The number of hydrogen-bond donors (Lipinski definition) is 1. The van der Waals surface area contributed by atoms with Crippen LogP contribution in [0.3, 0.4) is 0 Å². The Kier molecular flexibility index (Phi) is 5.49. The van der Waals surface area contributed by atoms with E-state index in [1.54, 1.807) is 12.1 Å². The van der Waals surface area contributed by atoms with Crippen molar-refractivity contribution in [1.29, 1.82) is 0 Å². The number of para-hydroxylation sites is 1. The number of primary amides is 1. The number of halogens is 1. The third-order valence-corrected chi connectivity index (χ3v) is 6.05. The highest BCUT2D eigenvalue weighted by Crippen LogP contribution is 2.39. The Morgan fingerprint density at radius 1 is 1.28 bits per heavy atom. The van der Waals surface area contributed by atoms with Crippen LogP contribution in [0.15, 0.2) is 53.9 Å². The second kappa shape index (κ2) is 8.21. The number of thiazole rings is 1. The lowest BCUT2D eigenvalue weighted by molar-refractivity contribution is -0.119. The van der Waals surface area contributed by atoms with Crippen molar-refractivity contribution in [3.05, 3.63) is 76.0 Å². The fraction of sp³-hybridized carbons (Fsp3) is 0.273. The fourth-order valence-electron chi connectivity index (χ4n) is 3.73.